The van der Waals surface area contributed by atoms with Crippen LogP contribution in [-0.2, 0) is 22.4 Å². The molecule has 2 aliphatic rings. The minimum Gasteiger partial charge on any atom is -0.457 e. The number of anilines is 2. The Kier molecular flexibility index (Phi) is 5.75. The van der Waals surface area contributed by atoms with Crippen LogP contribution in [0.1, 0.15) is 21.6 Å². The molecule has 1 aromatic heterocycles. The van der Waals surface area contributed by atoms with Crippen molar-refractivity contribution >= 4 is 23.1 Å². The fourth-order valence-corrected chi connectivity index (χ4v) is 4.05. The molecule has 33 heavy (non-hydrogen) atoms. The summed E-state index contributed by atoms with van der Waals surface area (Å²) in [5.74, 6) is 0.444. The molecule has 0 saturated carbocycles. The summed E-state index contributed by atoms with van der Waals surface area (Å²) in [6.07, 6.45) is 2.29. The molecule has 0 radical (unpaired) electrons. The Balaban J connectivity index is 1.27. The van der Waals surface area contributed by atoms with Gasteiger partial charge in [-0.1, -0.05) is 0 Å². The number of hydrogen-bond donors (Lipinski definition) is 1. The van der Waals surface area contributed by atoms with Crippen molar-refractivity contribution in [1.29, 1.82) is 0 Å². The van der Waals surface area contributed by atoms with Crippen LogP contribution < -0.4 is 15.0 Å². The van der Waals surface area contributed by atoms with Crippen molar-refractivity contribution < 1.29 is 23.5 Å². The number of ether oxygens (including phenoxy) is 2. The first-order valence-electron chi connectivity index (χ1n) is 10.8. The zero-order valence-electron chi connectivity index (χ0n) is 17.8. The maximum absolute atomic E-state index is 14.2. The number of benzene rings is 2. The highest BCUT2D eigenvalue weighted by atomic mass is 19.1. The van der Waals surface area contributed by atoms with Gasteiger partial charge in [-0.2, -0.15) is 0 Å². The molecule has 1 amide bonds. The molecule has 1 saturated heterocycles. The van der Waals surface area contributed by atoms with Gasteiger partial charge < -0.3 is 19.7 Å². The van der Waals surface area contributed by atoms with Crippen LogP contribution in [0.5, 0.6) is 11.5 Å². The lowest BCUT2D eigenvalue weighted by atomic mass is 10.1. The molecule has 0 spiro atoms. The molecule has 1 aliphatic heterocycles. The molecular weight excluding hydrogens is 425 g/mol. The highest BCUT2D eigenvalue weighted by Gasteiger charge is 2.23. The summed E-state index contributed by atoms with van der Waals surface area (Å²) in [5.41, 5.74) is 3.04. The van der Waals surface area contributed by atoms with E-state index in [1.165, 1.54) is 12.1 Å². The summed E-state index contributed by atoms with van der Waals surface area (Å²) in [6.45, 7) is 2.46. The van der Waals surface area contributed by atoms with E-state index >= 15 is 0 Å². The molecule has 0 unspecified atom stereocenters. The van der Waals surface area contributed by atoms with Crippen molar-refractivity contribution in [2.45, 2.75) is 12.8 Å². The van der Waals surface area contributed by atoms with Gasteiger partial charge in [0.1, 0.15) is 23.1 Å². The summed E-state index contributed by atoms with van der Waals surface area (Å²) in [6, 6.07) is 13.0. The van der Waals surface area contributed by atoms with E-state index in [4.69, 9.17) is 9.47 Å². The minimum atomic E-state index is -0.462. The van der Waals surface area contributed by atoms with Crippen LogP contribution in [0.25, 0.3) is 0 Å². The Hall–Kier alpha value is -3.78. The predicted octanol–water partition coefficient (Wildman–Crippen LogP) is 3.77. The lowest BCUT2D eigenvalue weighted by Gasteiger charge is -2.29. The van der Waals surface area contributed by atoms with Gasteiger partial charge in [0.2, 0.25) is 0 Å². The fraction of sp³-hybridized carbons (Fsp3) is 0.240. The Labute approximate surface area is 190 Å². The van der Waals surface area contributed by atoms with Crippen LogP contribution in [0, 0.1) is 5.82 Å². The van der Waals surface area contributed by atoms with Gasteiger partial charge >= 0.3 is 0 Å². The number of rotatable bonds is 5. The molecule has 8 heteroatoms. The Morgan fingerprint density at radius 3 is 2.64 bits per heavy atom. The number of fused-ring (bicyclic) bond motifs is 1. The van der Waals surface area contributed by atoms with Gasteiger partial charge in [-0.05, 0) is 48.5 Å². The molecule has 1 fully saturated rings. The standard InChI is InChI=1S/C25H22FN3O4/c26-17-11-16(12-19(13-17)29-7-9-32-10-8-29)25(31)28-18-1-3-21(4-2-18)33-24-5-6-27-23-15-20(30)14-22(23)24/h1-6,11-13H,7-10,14-15H2,(H,28,31). The number of aromatic nitrogens is 1. The van der Waals surface area contributed by atoms with E-state index in [0.717, 1.165) is 11.3 Å². The molecule has 1 N–H and O–H groups in total. The van der Waals surface area contributed by atoms with E-state index in [1.54, 1.807) is 42.6 Å². The second kappa shape index (κ2) is 8.99. The number of nitrogens with zero attached hydrogens (tertiary/aromatic N) is 2. The van der Waals surface area contributed by atoms with Crippen molar-refractivity contribution in [1.82, 2.24) is 4.98 Å². The van der Waals surface area contributed by atoms with Crippen LogP contribution in [-0.4, -0.2) is 43.0 Å². The SMILES string of the molecule is O=C1Cc2nccc(Oc3ccc(NC(=O)c4cc(F)cc(N5CCOCC5)c4)cc3)c2C1. The number of ketones is 1. The summed E-state index contributed by atoms with van der Waals surface area (Å²) in [7, 11) is 0. The number of nitrogens with one attached hydrogen (secondary N) is 1. The zero-order chi connectivity index (χ0) is 22.8. The van der Waals surface area contributed by atoms with E-state index in [-0.39, 0.29) is 11.3 Å². The Morgan fingerprint density at radius 1 is 1.06 bits per heavy atom. The molecule has 7 nitrogen and oxygen atoms in total. The van der Waals surface area contributed by atoms with Crippen molar-refractivity contribution in [3.8, 4) is 11.5 Å². The normalized spacial score (nSPS) is 15.3. The zero-order valence-corrected chi connectivity index (χ0v) is 17.8. The first kappa shape index (κ1) is 21.1. The second-order valence-corrected chi connectivity index (χ2v) is 8.00. The quantitative estimate of drug-likeness (QED) is 0.641. The lowest BCUT2D eigenvalue weighted by molar-refractivity contribution is -0.117. The van der Waals surface area contributed by atoms with Crippen molar-refractivity contribution in [3.05, 3.63) is 77.4 Å². The summed E-state index contributed by atoms with van der Waals surface area (Å²) in [4.78, 5) is 30.7. The van der Waals surface area contributed by atoms with E-state index < -0.39 is 11.7 Å². The fourth-order valence-electron chi connectivity index (χ4n) is 4.05. The molecule has 1 aliphatic carbocycles. The first-order chi connectivity index (χ1) is 16.0. The summed E-state index contributed by atoms with van der Waals surface area (Å²) < 4.78 is 25.5. The highest BCUT2D eigenvalue weighted by molar-refractivity contribution is 6.04. The van der Waals surface area contributed by atoms with E-state index in [1.807, 2.05) is 4.90 Å². The molecule has 0 bridgehead atoms. The van der Waals surface area contributed by atoms with Gasteiger partial charge in [0.05, 0.1) is 18.9 Å². The van der Waals surface area contributed by atoms with Gasteiger partial charge in [0.25, 0.3) is 5.91 Å². The molecule has 2 aromatic carbocycles. The van der Waals surface area contributed by atoms with Crippen molar-refractivity contribution in [3.63, 3.8) is 0 Å². The number of carbonyl (C=O) groups excluding carboxylic acids is 2. The van der Waals surface area contributed by atoms with Gasteiger partial charge in [-0.3, -0.25) is 14.6 Å². The van der Waals surface area contributed by atoms with Crippen molar-refractivity contribution in [2.24, 2.45) is 0 Å². The number of hydrogen-bond acceptors (Lipinski definition) is 6. The predicted molar refractivity (Wildman–Crippen MR) is 121 cm³/mol. The Morgan fingerprint density at radius 2 is 1.85 bits per heavy atom. The second-order valence-electron chi connectivity index (χ2n) is 8.00. The molecule has 5 rings (SSSR count). The van der Waals surface area contributed by atoms with Crippen LogP contribution >= 0.6 is 0 Å². The average molecular weight is 447 g/mol. The average Bonchev–Trinajstić information content (AvgIpc) is 3.22. The van der Waals surface area contributed by atoms with Crippen LogP contribution in [0.3, 0.4) is 0 Å². The molecule has 3 aromatic rings. The highest BCUT2D eigenvalue weighted by Crippen LogP contribution is 2.31. The number of carbonyl (C=O) groups is 2. The largest absolute Gasteiger partial charge is 0.457 e. The number of Topliss-reactive ketones (excluding diaryl/α,β-unsaturated/α-hetero) is 1. The van der Waals surface area contributed by atoms with Crippen LogP contribution in [0.15, 0.2) is 54.7 Å². The van der Waals surface area contributed by atoms with Crippen LogP contribution in [0.2, 0.25) is 0 Å². The lowest BCUT2D eigenvalue weighted by Crippen LogP contribution is -2.36. The van der Waals surface area contributed by atoms with Gasteiger partial charge in [-0.15, -0.1) is 0 Å². The molecule has 0 atom stereocenters. The maximum atomic E-state index is 14.2. The molecular formula is C25H22FN3O4. The number of amides is 1. The monoisotopic (exact) mass is 447 g/mol. The molecule has 168 valence electrons. The van der Waals surface area contributed by atoms with Gasteiger partial charge in [0.15, 0.2) is 0 Å². The third kappa shape index (κ3) is 4.70. The summed E-state index contributed by atoms with van der Waals surface area (Å²) >= 11 is 0. The van der Waals surface area contributed by atoms with Crippen molar-refractivity contribution in [2.75, 3.05) is 36.5 Å². The number of morpholine rings is 1. The number of halogens is 1. The molecule has 2 heterocycles. The Bertz CT molecular complexity index is 1210. The first-order valence-corrected chi connectivity index (χ1v) is 10.8. The number of pyridine rings is 1. The van der Waals surface area contributed by atoms with Gasteiger partial charge in [-0.25, -0.2) is 4.39 Å². The minimum absolute atomic E-state index is 0.126. The van der Waals surface area contributed by atoms with E-state index in [2.05, 4.69) is 10.3 Å². The van der Waals surface area contributed by atoms with Gasteiger partial charge in [0, 0.05) is 54.6 Å². The third-order valence-corrected chi connectivity index (χ3v) is 5.70. The topological polar surface area (TPSA) is 80.8 Å². The third-order valence-electron chi connectivity index (χ3n) is 5.70. The van der Waals surface area contributed by atoms with E-state index in [9.17, 15) is 14.0 Å². The van der Waals surface area contributed by atoms with E-state index in [0.29, 0.717) is 62.0 Å². The van der Waals surface area contributed by atoms with Crippen LogP contribution in [0.4, 0.5) is 15.8 Å². The summed E-state index contributed by atoms with van der Waals surface area (Å²) in [5, 5.41) is 2.80. The smallest absolute Gasteiger partial charge is 0.255 e. The maximum Gasteiger partial charge on any atom is 0.255 e.